The highest BCUT2D eigenvalue weighted by Crippen LogP contribution is 2.24. The number of halogens is 1. The molecule has 0 aromatic heterocycles. The molecule has 2 aromatic carbocycles. The molecule has 1 aliphatic carbocycles. The number of hydrogen-bond acceptors (Lipinski definition) is 3. The lowest BCUT2D eigenvalue weighted by atomic mass is 10.0. The molecular weight excluding hydrogens is 347 g/mol. The molecule has 5 nitrogen and oxygen atoms in total. The van der Waals surface area contributed by atoms with Crippen LogP contribution in [0.4, 0.5) is 4.39 Å². The van der Waals surface area contributed by atoms with Gasteiger partial charge in [0.15, 0.2) is 0 Å². The summed E-state index contributed by atoms with van der Waals surface area (Å²) in [6, 6.07) is 13.2. The summed E-state index contributed by atoms with van der Waals surface area (Å²) >= 11 is 0. The van der Waals surface area contributed by atoms with Crippen molar-refractivity contribution in [1.82, 2.24) is 10.8 Å². The van der Waals surface area contributed by atoms with E-state index in [-0.39, 0.29) is 17.8 Å². The highest BCUT2D eigenvalue weighted by molar-refractivity contribution is 6.24. The summed E-state index contributed by atoms with van der Waals surface area (Å²) < 4.78 is 13.3. The van der Waals surface area contributed by atoms with Gasteiger partial charge < -0.3 is 5.32 Å². The molecule has 0 atom stereocenters. The Hall–Kier alpha value is -3.25. The van der Waals surface area contributed by atoms with E-state index in [1.54, 1.807) is 42.5 Å². The lowest BCUT2D eigenvalue weighted by Crippen LogP contribution is -2.26. The van der Waals surface area contributed by atoms with Gasteiger partial charge in [-0.3, -0.25) is 14.8 Å². The number of carbonyl (C=O) groups excluding carboxylic acids is 2. The smallest absolute Gasteiger partial charge is 0.267 e. The van der Waals surface area contributed by atoms with Crippen LogP contribution in [0.15, 0.2) is 54.6 Å². The highest BCUT2D eigenvalue weighted by atomic mass is 19.1. The first-order chi connectivity index (χ1) is 13.0. The SMILES string of the molecule is O=C(C=Cc1cccc(C=C(C(=O)NC2CC2)c2ccc(F)cc2)c1)NO. The summed E-state index contributed by atoms with van der Waals surface area (Å²) in [5.74, 6) is -1.20. The van der Waals surface area contributed by atoms with E-state index >= 15 is 0 Å². The minimum Gasteiger partial charge on any atom is -0.349 e. The van der Waals surface area contributed by atoms with E-state index in [0.29, 0.717) is 11.1 Å². The number of benzene rings is 2. The van der Waals surface area contributed by atoms with E-state index in [0.717, 1.165) is 24.0 Å². The van der Waals surface area contributed by atoms with E-state index in [2.05, 4.69) is 5.32 Å². The molecule has 2 amide bonds. The minimum absolute atomic E-state index is 0.201. The maximum Gasteiger partial charge on any atom is 0.267 e. The monoisotopic (exact) mass is 366 g/mol. The molecule has 3 N–H and O–H groups in total. The molecule has 2 aromatic rings. The van der Waals surface area contributed by atoms with Crippen molar-refractivity contribution in [2.75, 3.05) is 0 Å². The van der Waals surface area contributed by atoms with Gasteiger partial charge in [0.1, 0.15) is 5.82 Å². The van der Waals surface area contributed by atoms with Crippen molar-refractivity contribution >= 4 is 29.5 Å². The first kappa shape index (κ1) is 18.5. The van der Waals surface area contributed by atoms with Gasteiger partial charge >= 0.3 is 0 Å². The van der Waals surface area contributed by atoms with Crippen LogP contribution in [0, 0.1) is 5.82 Å². The maximum atomic E-state index is 13.3. The number of hydroxylamine groups is 1. The Balaban J connectivity index is 1.92. The van der Waals surface area contributed by atoms with Crippen LogP contribution in [-0.4, -0.2) is 23.1 Å². The fourth-order valence-corrected chi connectivity index (χ4v) is 2.53. The largest absolute Gasteiger partial charge is 0.349 e. The first-order valence-electron chi connectivity index (χ1n) is 8.56. The van der Waals surface area contributed by atoms with E-state index in [1.807, 2.05) is 6.07 Å². The van der Waals surface area contributed by atoms with Crippen LogP contribution in [0.3, 0.4) is 0 Å². The van der Waals surface area contributed by atoms with Gasteiger partial charge in [0.25, 0.3) is 11.8 Å². The zero-order valence-electron chi connectivity index (χ0n) is 14.5. The van der Waals surface area contributed by atoms with Gasteiger partial charge in [-0.25, -0.2) is 9.87 Å². The second kappa shape index (κ2) is 8.42. The first-order valence-corrected chi connectivity index (χ1v) is 8.56. The number of rotatable bonds is 6. The van der Waals surface area contributed by atoms with Crippen molar-refractivity contribution in [3.05, 3.63) is 77.1 Å². The molecule has 0 bridgehead atoms. The van der Waals surface area contributed by atoms with Crippen LogP contribution in [0.25, 0.3) is 17.7 Å². The molecule has 0 spiro atoms. The van der Waals surface area contributed by atoms with Gasteiger partial charge in [-0.1, -0.05) is 30.3 Å². The summed E-state index contributed by atoms with van der Waals surface area (Å²) in [4.78, 5) is 23.8. The van der Waals surface area contributed by atoms with Crippen molar-refractivity contribution in [1.29, 1.82) is 0 Å². The van der Waals surface area contributed by atoms with Gasteiger partial charge in [0, 0.05) is 17.7 Å². The minimum atomic E-state index is -0.633. The third kappa shape index (κ3) is 5.36. The van der Waals surface area contributed by atoms with E-state index < -0.39 is 5.91 Å². The molecular formula is C21H19FN2O3. The average Bonchev–Trinajstić information content (AvgIpc) is 3.49. The van der Waals surface area contributed by atoms with Gasteiger partial charge in [0.05, 0.1) is 0 Å². The Bertz CT molecular complexity index is 900. The molecule has 0 aliphatic heterocycles. The van der Waals surface area contributed by atoms with Crippen LogP contribution in [-0.2, 0) is 9.59 Å². The lowest BCUT2D eigenvalue weighted by molar-refractivity contribution is -0.124. The zero-order chi connectivity index (χ0) is 19.2. The van der Waals surface area contributed by atoms with Gasteiger partial charge in [-0.15, -0.1) is 0 Å². The Kier molecular flexibility index (Phi) is 5.78. The Labute approximate surface area is 156 Å². The molecule has 0 saturated heterocycles. The van der Waals surface area contributed by atoms with E-state index in [9.17, 15) is 14.0 Å². The quantitative estimate of drug-likeness (QED) is 0.318. The third-order valence-electron chi connectivity index (χ3n) is 4.07. The van der Waals surface area contributed by atoms with E-state index in [1.165, 1.54) is 23.7 Å². The second-order valence-electron chi connectivity index (χ2n) is 6.29. The molecule has 0 heterocycles. The summed E-state index contributed by atoms with van der Waals surface area (Å²) in [5.41, 5.74) is 4.07. The third-order valence-corrected chi connectivity index (χ3v) is 4.07. The molecule has 27 heavy (non-hydrogen) atoms. The van der Waals surface area contributed by atoms with Crippen LogP contribution in [0.1, 0.15) is 29.5 Å². The molecule has 6 heteroatoms. The lowest BCUT2D eigenvalue weighted by Gasteiger charge is -2.09. The fourth-order valence-electron chi connectivity index (χ4n) is 2.53. The summed E-state index contributed by atoms with van der Waals surface area (Å²) in [6.45, 7) is 0. The molecule has 1 saturated carbocycles. The Morgan fingerprint density at radius 1 is 1.07 bits per heavy atom. The summed E-state index contributed by atoms with van der Waals surface area (Å²) in [6.07, 6.45) is 6.41. The summed E-state index contributed by atoms with van der Waals surface area (Å²) in [7, 11) is 0. The second-order valence-corrected chi connectivity index (χ2v) is 6.29. The molecule has 0 radical (unpaired) electrons. The molecule has 3 rings (SSSR count). The van der Waals surface area contributed by atoms with Gasteiger partial charge in [-0.2, -0.15) is 0 Å². The Morgan fingerprint density at radius 3 is 2.44 bits per heavy atom. The standard InChI is InChI=1S/C21H19FN2O3/c22-17-7-5-16(6-8-17)19(21(26)23-18-9-10-18)13-15-3-1-2-14(12-15)4-11-20(25)24-27/h1-8,11-13,18,27H,9-10H2,(H,23,26)(H,24,25). The predicted molar refractivity (Wildman–Crippen MR) is 101 cm³/mol. The van der Waals surface area contributed by atoms with Crippen molar-refractivity contribution in [3.63, 3.8) is 0 Å². The van der Waals surface area contributed by atoms with Gasteiger partial charge in [-0.05, 0) is 59.9 Å². The van der Waals surface area contributed by atoms with Crippen molar-refractivity contribution in [2.45, 2.75) is 18.9 Å². The van der Waals surface area contributed by atoms with Crippen molar-refractivity contribution in [3.8, 4) is 0 Å². The highest BCUT2D eigenvalue weighted by Gasteiger charge is 2.25. The van der Waals surface area contributed by atoms with Gasteiger partial charge in [0.2, 0.25) is 0 Å². The number of nitrogens with one attached hydrogen (secondary N) is 2. The number of amides is 2. The zero-order valence-corrected chi connectivity index (χ0v) is 14.5. The summed E-state index contributed by atoms with van der Waals surface area (Å²) in [5, 5.41) is 11.5. The van der Waals surface area contributed by atoms with Crippen LogP contribution < -0.4 is 10.8 Å². The molecule has 138 valence electrons. The van der Waals surface area contributed by atoms with E-state index in [4.69, 9.17) is 5.21 Å². The number of hydrogen-bond donors (Lipinski definition) is 3. The normalized spacial score (nSPS) is 14.2. The molecule has 1 fully saturated rings. The topological polar surface area (TPSA) is 78.4 Å². The number of carbonyl (C=O) groups is 2. The maximum absolute atomic E-state index is 13.3. The predicted octanol–water partition coefficient (Wildman–Crippen LogP) is 3.16. The fraction of sp³-hybridized carbons (Fsp3) is 0.143. The van der Waals surface area contributed by atoms with Crippen LogP contribution in [0.5, 0.6) is 0 Å². The Morgan fingerprint density at radius 2 is 1.78 bits per heavy atom. The molecule has 1 aliphatic rings. The van der Waals surface area contributed by atoms with Crippen molar-refractivity contribution < 1.29 is 19.2 Å². The van der Waals surface area contributed by atoms with Crippen molar-refractivity contribution in [2.24, 2.45) is 0 Å². The molecule has 0 unspecified atom stereocenters. The van der Waals surface area contributed by atoms with Crippen LogP contribution >= 0.6 is 0 Å². The van der Waals surface area contributed by atoms with Crippen LogP contribution in [0.2, 0.25) is 0 Å². The average molecular weight is 366 g/mol.